The van der Waals surface area contributed by atoms with Crippen molar-refractivity contribution < 1.29 is 0 Å². The largest absolute Gasteiger partial charge is 0.365 e. The highest BCUT2D eigenvalue weighted by Crippen LogP contribution is 2.63. The summed E-state index contributed by atoms with van der Waals surface area (Å²) in [6, 6.07) is 4.50. The fraction of sp³-hybridized carbons (Fsp3) is 0.765. The van der Waals surface area contributed by atoms with Crippen molar-refractivity contribution in [1.82, 2.24) is 4.98 Å². The molecule has 2 heteroatoms. The number of aromatic amines is 1. The van der Waals surface area contributed by atoms with Crippen LogP contribution in [0.25, 0.3) is 0 Å². The molecule has 1 aromatic heterocycles. The topological polar surface area (TPSA) is 41.8 Å². The average Bonchev–Trinajstić information content (AvgIpc) is 2.91. The SMILES string of the molecule is CC(CN)C1C2CC3CC1CC(c1ccc[nH]1)(C3)C2. The Bertz CT molecular complexity index is 434. The zero-order valence-corrected chi connectivity index (χ0v) is 11.9. The van der Waals surface area contributed by atoms with Gasteiger partial charge in [-0.1, -0.05) is 6.92 Å². The number of rotatable bonds is 3. The third-order valence-corrected chi connectivity index (χ3v) is 6.54. The molecule has 0 spiro atoms. The van der Waals surface area contributed by atoms with Crippen molar-refractivity contribution in [2.75, 3.05) is 6.54 Å². The van der Waals surface area contributed by atoms with Crippen LogP contribution in [0, 0.1) is 29.6 Å². The Kier molecular flexibility index (Phi) is 2.60. The normalized spacial score (nSPS) is 45.6. The Labute approximate surface area is 116 Å². The molecule has 3 atom stereocenters. The Hall–Kier alpha value is -0.760. The number of hydrogen-bond donors (Lipinski definition) is 2. The molecule has 3 N–H and O–H groups in total. The van der Waals surface area contributed by atoms with E-state index >= 15 is 0 Å². The summed E-state index contributed by atoms with van der Waals surface area (Å²) in [7, 11) is 0. The molecule has 4 aliphatic carbocycles. The first kappa shape index (κ1) is 12.0. The molecular weight excluding hydrogens is 232 g/mol. The molecule has 1 aromatic rings. The minimum atomic E-state index is 0.491. The van der Waals surface area contributed by atoms with Gasteiger partial charge >= 0.3 is 0 Å². The van der Waals surface area contributed by atoms with E-state index in [2.05, 4.69) is 30.2 Å². The molecule has 4 aliphatic rings. The minimum Gasteiger partial charge on any atom is -0.365 e. The number of nitrogens with two attached hydrogens (primary N) is 1. The molecule has 3 unspecified atom stereocenters. The molecule has 2 nitrogen and oxygen atoms in total. The number of nitrogens with one attached hydrogen (secondary N) is 1. The molecule has 4 bridgehead atoms. The summed E-state index contributed by atoms with van der Waals surface area (Å²) in [5.74, 6) is 4.49. The molecule has 0 aromatic carbocycles. The van der Waals surface area contributed by atoms with Crippen molar-refractivity contribution >= 4 is 0 Å². The zero-order chi connectivity index (χ0) is 13.0. The summed E-state index contributed by atoms with van der Waals surface area (Å²) in [6.07, 6.45) is 9.32. The Morgan fingerprint density at radius 2 is 2.05 bits per heavy atom. The van der Waals surface area contributed by atoms with Crippen LogP contribution >= 0.6 is 0 Å². The summed E-state index contributed by atoms with van der Waals surface area (Å²) < 4.78 is 0. The highest BCUT2D eigenvalue weighted by molar-refractivity contribution is 5.24. The van der Waals surface area contributed by atoms with Crippen molar-refractivity contribution in [3.63, 3.8) is 0 Å². The first-order chi connectivity index (χ1) is 9.22. The molecule has 5 rings (SSSR count). The predicted octanol–water partition coefficient (Wildman–Crippen LogP) is 3.30. The smallest absolute Gasteiger partial charge is 0.0210 e. The quantitative estimate of drug-likeness (QED) is 0.858. The number of H-pyrrole nitrogens is 1. The van der Waals surface area contributed by atoms with Gasteiger partial charge in [-0.2, -0.15) is 0 Å². The van der Waals surface area contributed by atoms with Crippen molar-refractivity contribution in [2.24, 2.45) is 35.3 Å². The van der Waals surface area contributed by atoms with Crippen LogP contribution in [0.5, 0.6) is 0 Å². The second-order valence-electron chi connectivity index (χ2n) is 7.62. The van der Waals surface area contributed by atoms with Gasteiger partial charge in [0.05, 0.1) is 0 Å². The lowest BCUT2D eigenvalue weighted by Crippen LogP contribution is -2.55. The molecule has 0 saturated heterocycles. The van der Waals surface area contributed by atoms with Gasteiger partial charge < -0.3 is 10.7 Å². The van der Waals surface area contributed by atoms with Gasteiger partial charge in [0.15, 0.2) is 0 Å². The van der Waals surface area contributed by atoms with Gasteiger partial charge in [-0.05, 0) is 80.4 Å². The summed E-state index contributed by atoms with van der Waals surface area (Å²) >= 11 is 0. The van der Waals surface area contributed by atoms with Crippen LogP contribution in [0.3, 0.4) is 0 Å². The molecule has 0 amide bonds. The lowest BCUT2D eigenvalue weighted by molar-refractivity contribution is -0.0756. The fourth-order valence-electron chi connectivity index (χ4n) is 6.14. The molecule has 0 radical (unpaired) electrons. The van der Waals surface area contributed by atoms with E-state index in [0.29, 0.717) is 5.41 Å². The second-order valence-corrected chi connectivity index (χ2v) is 7.62. The number of hydrogen-bond acceptors (Lipinski definition) is 1. The van der Waals surface area contributed by atoms with Crippen LogP contribution in [0.2, 0.25) is 0 Å². The second kappa shape index (κ2) is 4.12. The Morgan fingerprint density at radius 3 is 2.63 bits per heavy atom. The van der Waals surface area contributed by atoms with Gasteiger partial charge in [-0.15, -0.1) is 0 Å². The first-order valence-electron chi connectivity index (χ1n) is 8.06. The minimum absolute atomic E-state index is 0.491. The van der Waals surface area contributed by atoms with Gasteiger partial charge in [0.2, 0.25) is 0 Å². The molecular formula is C17H26N2. The molecule has 104 valence electrons. The molecule has 4 saturated carbocycles. The Morgan fingerprint density at radius 1 is 1.32 bits per heavy atom. The van der Waals surface area contributed by atoms with Crippen LogP contribution in [0.15, 0.2) is 18.3 Å². The molecule has 1 heterocycles. The molecule has 4 fully saturated rings. The highest BCUT2D eigenvalue weighted by Gasteiger charge is 2.56. The van der Waals surface area contributed by atoms with E-state index in [1.165, 1.54) is 37.8 Å². The van der Waals surface area contributed by atoms with Crippen molar-refractivity contribution in [1.29, 1.82) is 0 Å². The van der Waals surface area contributed by atoms with Gasteiger partial charge in [-0.3, -0.25) is 0 Å². The van der Waals surface area contributed by atoms with Gasteiger partial charge in [0, 0.05) is 17.3 Å². The summed E-state index contributed by atoms with van der Waals surface area (Å²) in [5.41, 5.74) is 7.98. The number of aromatic nitrogens is 1. The lowest BCUT2D eigenvalue weighted by atomic mass is 9.44. The van der Waals surface area contributed by atoms with Crippen LogP contribution in [0.1, 0.15) is 44.7 Å². The maximum atomic E-state index is 5.97. The van der Waals surface area contributed by atoms with E-state index in [-0.39, 0.29) is 0 Å². The van der Waals surface area contributed by atoms with E-state index in [0.717, 1.165) is 36.1 Å². The van der Waals surface area contributed by atoms with Gasteiger partial charge in [0.1, 0.15) is 0 Å². The maximum Gasteiger partial charge on any atom is 0.0210 e. The Balaban J connectivity index is 1.68. The van der Waals surface area contributed by atoms with Gasteiger partial charge in [0.25, 0.3) is 0 Å². The predicted molar refractivity (Wildman–Crippen MR) is 77.7 cm³/mol. The van der Waals surface area contributed by atoms with Crippen molar-refractivity contribution in [2.45, 2.75) is 44.4 Å². The summed E-state index contributed by atoms with van der Waals surface area (Å²) in [6.45, 7) is 3.26. The third kappa shape index (κ3) is 1.65. The van der Waals surface area contributed by atoms with E-state index < -0.39 is 0 Å². The first-order valence-corrected chi connectivity index (χ1v) is 8.06. The van der Waals surface area contributed by atoms with Crippen molar-refractivity contribution in [3.8, 4) is 0 Å². The molecule has 19 heavy (non-hydrogen) atoms. The standard InChI is InChI=1S/C17H26N2/c1-11(10-18)16-13-5-12-6-14(16)9-17(7-12,8-13)15-3-2-4-19-15/h2-4,11-14,16,19H,5-10,18H2,1H3. The third-order valence-electron chi connectivity index (χ3n) is 6.54. The van der Waals surface area contributed by atoms with Crippen LogP contribution in [-0.2, 0) is 5.41 Å². The monoisotopic (exact) mass is 258 g/mol. The summed E-state index contributed by atoms with van der Waals surface area (Å²) in [4.78, 5) is 3.53. The van der Waals surface area contributed by atoms with E-state index in [9.17, 15) is 0 Å². The van der Waals surface area contributed by atoms with Crippen LogP contribution in [-0.4, -0.2) is 11.5 Å². The fourth-order valence-corrected chi connectivity index (χ4v) is 6.14. The maximum absolute atomic E-state index is 5.97. The van der Waals surface area contributed by atoms with E-state index in [4.69, 9.17) is 5.73 Å². The lowest BCUT2D eigenvalue weighted by Gasteiger charge is -2.61. The van der Waals surface area contributed by atoms with E-state index in [1.807, 2.05) is 0 Å². The van der Waals surface area contributed by atoms with Crippen molar-refractivity contribution in [3.05, 3.63) is 24.0 Å². The summed E-state index contributed by atoms with van der Waals surface area (Å²) in [5, 5.41) is 0. The van der Waals surface area contributed by atoms with E-state index in [1.54, 1.807) is 0 Å². The average molecular weight is 258 g/mol. The van der Waals surface area contributed by atoms with Crippen LogP contribution < -0.4 is 5.73 Å². The molecule has 0 aliphatic heterocycles. The highest BCUT2D eigenvalue weighted by atomic mass is 14.7. The van der Waals surface area contributed by atoms with Gasteiger partial charge in [-0.25, -0.2) is 0 Å². The van der Waals surface area contributed by atoms with Crippen LogP contribution in [0.4, 0.5) is 0 Å². The zero-order valence-electron chi connectivity index (χ0n) is 11.9.